The van der Waals surface area contributed by atoms with E-state index in [0.29, 0.717) is 24.3 Å². The number of likely N-dealkylation sites (tertiary alicyclic amines) is 1. The Hall–Kier alpha value is -1.65. The molecule has 4 nitrogen and oxygen atoms in total. The van der Waals surface area contributed by atoms with Gasteiger partial charge in [-0.15, -0.1) is 0 Å². The van der Waals surface area contributed by atoms with Crippen molar-refractivity contribution in [2.24, 2.45) is 17.3 Å². The number of carbonyl (C=O) groups is 1. The molecule has 1 unspecified atom stereocenters. The summed E-state index contributed by atoms with van der Waals surface area (Å²) in [6.45, 7) is 7.29. The minimum absolute atomic E-state index is 0.0138. The summed E-state index contributed by atoms with van der Waals surface area (Å²) in [5.41, 5.74) is 1.32. The molecular weight excluding hydrogens is 326 g/mol. The second kappa shape index (κ2) is 6.82. The molecule has 140 valence electrons. The van der Waals surface area contributed by atoms with E-state index in [-0.39, 0.29) is 17.3 Å². The van der Waals surface area contributed by atoms with Gasteiger partial charge in [-0.2, -0.15) is 0 Å². The number of ether oxygens (including phenoxy) is 2. The molecule has 1 spiro atoms. The summed E-state index contributed by atoms with van der Waals surface area (Å²) in [6, 6.07) is 8.89. The number of nitrogens with zero attached hydrogens (tertiary/aromatic N) is 1. The van der Waals surface area contributed by atoms with Gasteiger partial charge in [0.2, 0.25) is 0 Å². The van der Waals surface area contributed by atoms with Crippen LogP contribution < -0.4 is 4.74 Å². The Labute approximate surface area is 156 Å². The molecule has 1 aliphatic carbocycles. The molecule has 4 heteroatoms. The van der Waals surface area contributed by atoms with E-state index in [1.165, 1.54) is 12.0 Å². The van der Waals surface area contributed by atoms with Crippen molar-refractivity contribution in [2.75, 3.05) is 20.3 Å². The fourth-order valence-corrected chi connectivity index (χ4v) is 5.15. The second-order valence-corrected chi connectivity index (χ2v) is 8.49. The lowest BCUT2D eigenvalue weighted by molar-refractivity contribution is -0.118. The summed E-state index contributed by atoms with van der Waals surface area (Å²) in [5.74, 6) is 2.22. The molecular formula is C22H29NO3. The molecule has 0 aromatic heterocycles. The van der Waals surface area contributed by atoms with Gasteiger partial charge in [-0.05, 0) is 36.1 Å². The third-order valence-electron chi connectivity index (χ3n) is 6.40. The summed E-state index contributed by atoms with van der Waals surface area (Å²) in [4.78, 5) is 14.5. The molecule has 2 fully saturated rings. The molecule has 2 saturated heterocycles. The SMILES string of the molecule is COc1ccc(CN2C[C@]34C=CC(=O)CC3OC[C@H]4[C@@H]2CC(C)C)cc1. The minimum atomic E-state index is 0.0138. The molecule has 1 aromatic carbocycles. The molecule has 4 atom stereocenters. The Bertz CT molecular complexity index is 696. The van der Waals surface area contributed by atoms with E-state index in [0.717, 1.165) is 25.4 Å². The van der Waals surface area contributed by atoms with E-state index in [1.54, 1.807) is 7.11 Å². The van der Waals surface area contributed by atoms with Crippen LogP contribution in [-0.2, 0) is 16.1 Å². The van der Waals surface area contributed by atoms with Crippen LogP contribution in [0.3, 0.4) is 0 Å². The highest BCUT2D eigenvalue weighted by atomic mass is 16.5. The van der Waals surface area contributed by atoms with Gasteiger partial charge >= 0.3 is 0 Å². The summed E-state index contributed by atoms with van der Waals surface area (Å²) in [7, 11) is 1.70. The highest BCUT2D eigenvalue weighted by molar-refractivity contribution is 5.91. The van der Waals surface area contributed by atoms with Gasteiger partial charge in [-0.1, -0.05) is 32.1 Å². The smallest absolute Gasteiger partial charge is 0.158 e. The maximum Gasteiger partial charge on any atom is 0.158 e. The van der Waals surface area contributed by atoms with Crippen molar-refractivity contribution in [3.8, 4) is 5.75 Å². The van der Waals surface area contributed by atoms with E-state index in [4.69, 9.17) is 9.47 Å². The monoisotopic (exact) mass is 355 g/mol. The first-order valence-electron chi connectivity index (χ1n) is 9.72. The van der Waals surface area contributed by atoms with E-state index < -0.39 is 0 Å². The number of hydrogen-bond donors (Lipinski definition) is 0. The molecule has 26 heavy (non-hydrogen) atoms. The average Bonchev–Trinajstić information content (AvgIpc) is 3.10. The van der Waals surface area contributed by atoms with Crippen molar-refractivity contribution in [1.82, 2.24) is 4.90 Å². The zero-order chi connectivity index (χ0) is 18.3. The van der Waals surface area contributed by atoms with Crippen molar-refractivity contribution in [2.45, 2.75) is 45.4 Å². The number of benzene rings is 1. The average molecular weight is 355 g/mol. The first kappa shape index (κ1) is 17.7. The molecule has 0 saturated carbocycles. The summed E-state index contributed by atoms with van der Waals surface area (Å²) < 4.78 is 11.4. The Kier molecular flexibility index (Phi) is 4.66. The van der Waals surface area contributed by atoms with Crippen LogP contribution in [-0.4, -0.2) is 43.1 Å². The summed E-state index contributed by atoms with van der Waals surface area (Å²) >= 11 is 0. The number of allylic oxidation sites excluding steroid dienone is 1. The van der Waals surface area contributed by atoms with Gasteiger partial charge in [-0.3, -0.25) is 9.69 Å². The zero-order valence-electron chi connectivity index (χ0n) is 16.0. The summed E-state index contributed by atoms with van der Waals surface area (Å²) in [6.07, 6.45) is 5.75. The topological polar surface area (TPSA) is 38.8 Å². The lowest BCUT2D eigenvalue weighted by Gasteiger charge is -2.33. The molecule has 2 aliphatic heterocycles. The Morgan fingerprint density at radius 3 is 2.77 bits per heavy atom. The number of methoxy groups -OCH3 is 1. The predicted octanol–water partition coefficient (Wildman–Crippen LogP) is 3.46. The van der Waals surface area contributed by atoms with Crippen molar-refractivity contribution in [1.29, 1.82) is 0 Å². The van der Waals surface area contributed by atoms with E-state index in [1.807, 2.05) is 18.2 Å². The summed E-state index contributed by atoms with van der Waals surface area (Å²) in [5, 5.41) is 0. The van der Waals surface area contributed by atoms with Crippen LogP contribution in [0.5, 0.6) is 5.75 Å². The number of hydrogen-bond acceptors (Lipinski definition) is 4. The van der Waals surface area contributed by atoms with Crippen molar-refractivity contribution >= 4 is 5.78 Å². The molecule has 3 aliphatic rings. The molecule has 1 aromatic rings. The zero-order valence-corrected chi connectivity index (χ0v) is 16.0. The molecule has 4 rings (SSSR count). The second-order valence-electron chi connectivity index (χ2n) is 8.49. The third-order valence-corrected chi connectivity index (χ3v) is 6.40. The number of ketones is 1. The molecule has 2 heterocycles. The van der Waals surface area contributed by atoms with Crippen molar-refractivity contribution in [3.63, 3.8) is 0 Å². The molecule has 0 amide bonds. The Morgan fingerprint density at radius 1 is 1.31 bits per heavy atom. The van der Waals surface area contributed by atoms with Crippen LogP contribution in [0, 0.1) is 17.3 Å². The third kappa shape index (κ3) is 2.99. The highest BCUT2D eigenvalue weighted by Crippen LogP contribution is 2.54. The maximum absolute atomic E-state index is 11.9. The van der Waals surface area contributed by atoms with Gasteiger partial charge in [0, 0.05) is 36.9 Å². The van der Waals surface area contributed by atoms with Crippen LogP contribution in [0.2, 0.25) is 0 Å². The van der Waals surface area contributed by atoms with Crippen LogP contribution in [0.4, 0.5) is 0 Å². The van der Waals surface area contributed by atoms with Gasteiger partial charge in [0.25, 0.3) is 0 Å². The fourth-order valence-electron chi connectivity index (χ4n) is 5.15. The fraction of sp³-hybridized carbons (Fsp3) is 0.591. The van der Waals surface area contributed by atoms with Crippen LogP contribution in [0.25, 0.3) is 0 Å². The van der Waals surface area contributed by atoms with Gasteiger partial charge in [0.05, 0.1) is 19.8 Å². The first-order chi connectivity index (χ1) is 12.5. The molecule has 0 bridgehead atoms. The van der Waals surface area contributed by atoms with E-state index >= 15 is 0 Å². The number of rotatable bonds is 5. The van der Waals surface area contributed by atoms with Crippen LogP contribution in [0.15, 0.2) is 36.4 Å². The van der Waals surface area contributed by atoms with Gasteiger partial charge in [0.1, 0.15) is 5.75 Å². The van der Waals surface area contributed by atoms with Gasteiger partial charge < -0.3 is 9.47 Å². The Morgan fingerprint density at radius 2 is 2.08 bits per heavy atom. The Balaban J connectivity index is 1.60. The largest absolute Gasteiger partial charge is 0.497 e. The van der Waals surface area contributed by atoms with E-state index in [2.05, 4.69) is 37.0 Å². The van der Waals surface area contributed by atoms with Crippen LogP contribution in [0.1, 0.15) is 32.3 Å². The first-order valence-corrected chi connectivity index (χ1v) is 9.72. The molecule has 0 radical (unpaired) electrons. The molecule has 0 N–H and O–H groups in total. The van der Waals surface area contributed by atoms with Crippen molar-refractivity contribution in [3.05, 3.63) is 42.0 Å². The quantitative estimate of drug-likeness (QED) is 0.811. The highest BCUT2D eigenvalue weighted by Gasteiger charge is 2.60. The standard InChI is InChI=1S/C22H29NO3/c1-15(2)10-20-19-13-26-21-11-17(24)8-9-22(19,21)14-23(20)12-16-4-6-18(25-3)7-5-16/h4-9,15,19-21H,10-14H2,1-3H3/t19-,20-,21?,22-/m0/s1. The lowest BCUT2D eigenvalue weighted by Crippen LogP contribution is -2.39. The van der Waals surface area contributed by atoms with Crippen LogP contribution >= 0.6 is 0 Å². The van der Waals surface area contributed by atoms with Crippen molar-refractivity contribution < 1.29 is 14.3 Å². The van der Waals surface area contributed by atoms with E-state index in [9.17, 15) is 4.79 Å². The number of carbonyl (C=O) groups excluding carboxylic acids is 1. The van der Waals surface area contributed by atoms with Gasteiger partial charge in [-0.25, -0.2) is 0 Å². The minimum Gasteiger partial charge on any atom is -0.497 e. The predicted molar refractivity (Wildman–Crippen MR) is 101 cm³/mol. The lowest BCUT2D eigenvalue weighted by atomic mass is 9.69. The normalized spacial score (nSPS) is 33.5. The van der Waals surface area contributed by atoms with Gasteiger partial charge in [0.15, 0.2) is 5.78 Å². The maximum atomic E-state index is 11.9.